The van der Waals surface area contributed by atoms with Gasteiger partial charge in [-0.1, -0.05) is 6.07 Å². The first-order valence-electron chi connectivity index (χ1n) is 9.17. The molecule has 3 rings (SSSR count). The first kappa shape index (κ1) is 22.3. The summed E-state index contributed by atoms with van der Waals surface area (Å²) in [6.45, 7) is 4.99. The first-order chi connectivity index (χ1) is 13.8. The molecule has 30 heavy (non-hydrogen) atoms. The number of carbonyl (C=O) groups is 3. The second-order valence-corrected chi connectivity index (χ2v) is 9.57. The maximum Gasteiger partial charge on any atom is 0.416 e. The van der Waals surface area contributed by atoms with Gasteiger partial charge in [-0.25, -0.2) is 4.79 Å². The van der Waals surface area contributed by atoms with Crippen LogP contribution >= 0.6 is 11.8 Å². The van der Waals surface area contributed by atoms with E-state index in [0.29, 0.717) is 0 Å². The minimum absolute atomic E-state index is 0.0200. The molecule has 164 valence electrons. The Bertz CT molecular complexity index is 876. The van der Waals surface area contributed by atoms with E-state index in [2.05, 4.69) is 5.32 Å². The van der Waals surface area contributed by atoms with Crippen molar-refractivity contribution in [1.82, 2.24) is 10.2 Å². The highest BCUT2D eigenvalue weighted by Gasteiger charge is 2.64. The molecule has 7 nitrogen and oxygen atoms in total. The van der Waals surface area contributed by atoms with Gasteiger partial charge in [-0.05, 0) is 39.0 Å². The van der Waals surface area contributed by atoms with E-state index in [1.165, 1.54) is 35.7 Å². The summed E-state index contributed by atoms with van der Waals surface area (Å²) < 4.78 is 43.1. The van der Waals surface area contributed by atoms with E-state index < -0.39 is 57.8 Å². The summed E-state index contributed by atoms with van der Waals surface area (Å²) in [5, 5.41) is 11.5. The van der Waals surface area contributed by atoms with Crippen LogP contribution in [0.3, 0.4) is 0 Å². The Balaban J connectivity index is 1.57. The Morgan fingerprint density at radius 3 is 2.63 bits per heavy atom. The summed E-state index contributed by atoms with van der Waals surface area (Å²) in [7, 11) is 0. The topological polar surface area (TPSA) is 95.9 Å². The fourth-order valence-corrected chi connectivity index (χ4v) is 5.28. The molecule has 2 N–H and O–H groups in total. The highest BCUT2D eigenvalue weighted by Crippen LogP contribution is 2.50. The fourth-order valence-electron chi connectivity index (χ4n) is 3.66. The molecule has 2 saturated heterocycles. The smallest absolute Gasteiger partial charge is 0.416 e. The van der Waals surface area contributed by atoms with Crippen LogP contribution in [-0.2, 0) is 20.6 Å². The molecule has 0 radical (unpaired) electrons. The quantitative estimate of drug-likeness (QED) is 0.652. The lowest BCUT2D eigenvalue weighted by atomic mass is 9.96. The van der Waals surface area contributed by atoms with E-state index in [-0.39, 0.29) is 12.2 Å². The predicted molar refractivity (Wildman–Crippen MR) is 102 cm³/mol. The molecule has 1 unspecified atom stereocenters. The first-order valence-corrected chi connectivity index (χ1v) is 10.1. The molecular formula is C19H21F3N2O5S. The van der Waals surface area contributed by atoms with Crippen molar-refractivity contribution in [2.24, 2.45) is 0 Å². The van der Waals surface area contributed by atoms with E-state index in [1.807, 2.05) is 0 Å². The standard InChI is InChI=1S/C19H21F3N2O5S/c1-9(29-11-6-4-5-10(8-11)19(20,21)22)7-12(25)23-13-15(26)24-14(17(27)28)18(2,3)30-16(13)24/h4-6,8-9,13-14,16H,7H2,1-3H3,(H,23,25)(H,27,28)/t9?,13-,14+,16-/m1/s1. The zero-order valence-electron chi connectivity index (χ0n) is 16.4. The maximum absolute atomic E-state index is 12.8. The summed E-state index contributed by atoms with van der Waals surface area (Å²) in [5.41, 5.74) is -0.856. The number of hydrogen-bond donors (Lipinski definition) is 2. The Hall–Kier alpha value is -2.43. The van der Waals surface area contributed by atoms with Gasteiger partial charge in [-0.3, -0.25) is 9.59 Å². The number of carbonyl (C=O) groups excluding carboxylic acids is 2. The number of rotatable bonds is 6. The van der Waals surface area contributed by atoms with Crippen LogP contribution in [0.25, 0.3) is 0 Å². The minimum atomic E-state index is -4.50. The predicted octanol–water partition coefficient (Wildman–Crippen LogP) is 2.49. The van der Waals surface area contributed by atoms with Crippen molar-refractivity contribution in [3.63, 3.8) is 0 Å². The molecule has 0 aromatic heterocycles. The van der Waals surface area contributed by atoms with Crippen molar-refractivity contribution in [2.75, 3.05) is 0 Å². The van der Waals surface area contributed by atoms with Crippen molar-refractivity contribution in [3.05, 3.63) is 29.8 Å². The second kappa shape index (κ2) is 7.68. The van der Waals surface area contributed by atoms with Gasteiger partial charge in [0.1, 0.15) is 29.3 Å². The molecule has 4 atom stereocenters. The number of fused-ring (bicyclic) bond motifs is 1. The minimum Gasteiger partial charge on any atom is -0.490 e. The number of amides is 2. The van der Waals surface area contributed by atoms with Gasteiger partial charge in [0.05, 0.1) is 12.0 Å². The number of nitrogens with one attached hydrogen (secondary N) is 1. The van der Waals surface area contributed by atoms with Crippen molar-refractivity contribution in [2.45, 2.75) is 61.7 Å². The normalized spacial score (nSPS) is 25.9. The van der Waals surface area contributed by atoms with Crippen molar-refractivity contribution in [1.29, 1.82) is 0 Å². The average Bonchev–Trinajstić information content (AvgIpc) is 2.87. The molecule has 2 aliphatic heterocycles. The van der Waals surface area contributed by atoms with Gasteiger partial charge >= 0.3 is 12.1 Å². The Labute approximate surface area is 174 Å². The summed E-state index contributed by atoms with van der Waals surface area (Å²) in [6, 6.07) is 2.53. The van der Waals surface area contributed by atoms with Gasteiger partial charge in [0.2, 0.25) is 11.8 Å². The fraction of sp³-hybridized carbons (Fsp3) is 0.526. The third kappa shape index (κ3) is 4.21. The van der Waals surface area contributed by atoms with Gasteiger partial charge in [0.25, 0.3) is 0 Å². The van der Waals surface area contributed by atoms with Gasteiger partial charge in [-0.2, -0.15) is 13.2 Å². The number of carboxylic acid groups (broad SMARTS) is 1. The summed E-state index contributed by atoms with van der Waals surface area (Å²) in [6.07, 6.45) is -5.42. The lowest BCUT2D eigenvalue weighted by molar-refractivity contribution is -0.161. The monoisotopic (exact) mass is 446 g/mol. The molecule has 2 heterocycles. The Morgan fingerprint density at radius 2 is 2.03 bits per heavy atom. The molecule has 0 bridgehead atoms. The van der Waals surface area contributed by atoms with Crippen LogP contribution in [0, 0.1) is 0 Å². The number of carboxylic acids is 1. The van der Waals surface area contributed by atoms with Crippen LogP contribution in [0.2, 0.25) is 0 Å². The molecule has 2 fully saturated rings. The van der Waals surface area contributed by atoms with E-state index in [4.69, 9.17) is 4.74 Å². The Morgan fingerprint density at radius 1 is 1.37 bits per heavy atom. The van der Waals surface area contributed by atoms with Crippen LogP contribution < -0.4 is 10.1 Å². The van der Waals surface area contributed by atoms with Crippen LogP contribution in [0.15, 0.2) is 24.3 Å². The van der Waals surface area contributed by atoms with Crippen molar-refractivity contribution >= 4 is 29.5 Å². The number of ether oxygens (including phenoxy) is 1. The molecule has 2 amide bonds. The lowest BCUT2D eigenvalue weighted by Crippen LogP contribution is -2.70. The molecule has 0 aliphatic carbocycles. The molecule has 0 saturated carbocycles. The van der Waals surface area contributed by atoms with Gasteiger partial charge in [0, 0.05) is 4.75 Å². The van der Waals surface area contributed by atoms with Gasteiger partial charge in [0.15, 0.2) is 0 Å². The number of hydrogen-bond acceptors (Lipinski definition) is 5. The van der Waals surface area contributed by atoms with Crippen LogP contribution in [0.1, 0.15) is 32.8 Å². The third-order valence-electron chi connectivity index (χ3n) is 4.96. The van der Waals surface area contributed by atoms with Crippen LogP contribution in [-0.4, -0.2) is 56.1 Å². The summed E-state index contributed by atoms with van der Waals surface area (Å²) in [5.74, 6) is -2.10. The number of aliphatic carboxylic acids is 1. The average molecular weight is 446 g/mol. The second-order valence-electron chi connectivity index (χ2n) is 7.80. The van der Waals surface area contributed by atoms with Crippen LogP contribution in [0.4, 0.5) is 13.2 Å². The summed E-state index contributed by atoms with van der Waals surface area (Å²) in [4.78, 5) is 37.5. The number of thioether (sulfide) groups is 1. The number of β-lactam (4-membered cyclic amide) rings is 1. The molecule has 0 spiro atoms. The van der Waals surface area contributed by atoms with Crippen LogP contribution in [0.5, 0.6) is 5.75 Å². The number of benzene rings is 1. The van der Waals surface area contributed by atoms with Crippen molar-refractivity contribution in [3.8, 4) is 5.75 Å². The highest BCUT2D eigenvalue weighted by molar-refractivity contribution is 8.01. The molecule has 2 aliphatic rings. The van der Waals surface area contributed by atoms with Crippen molar-refractivity contribution < 1.29 is 37.4 Å². The molecule has 1 aromatic rings. The number of halogens is 3. The maximum atomic E-state index is 12.8. The molecule has 1 aromatic carbocycles. The van der Waals surface area contributed by atoms with E-state index in [9.17, 15) is 32.7 Å². The van der Waals surface area contributed by atoms with E-state index in [0.717, 1.165) is 12.1 Å². The highest BCUT2D eigenvalue weighted by atomic mass is 32.2. The van der Waals surface area contributed by atoms with Gasteiger partial charge in [-0.15, -0.1) is 11.8 Å². The van der Waals surface area contributed by atoms with E-state index in [1.54, 1.807) is 13.8 Å². The van der Waals surface area contributed by atoms with E-state index >= 15 is 0 Å². The molecule has 11 heteroatoms. The summed E-state index contributed by atoms with van der Waals surface area (Å²) >= 11 is 1.31. The lowest BCUT2D eigenvalue weighted by Gasteiger charge is -2.43. The third-order valence-corrected chi connectivity index (χ3v) is 6.53. The zero-order valence-corrected chi connectivity index (χ0v) is 17.2. The Kier molecular flexibility index (Phi) is 5.70. The number of nitrogens with zero attached hydrogens (tertiary/aromatic N) is 1. The largest absolute Gasteiger partial charge is 0.490 e. The zero-order chi connectivity index (χ0) is 22.4. The molecular weight excluding hydrogens is 425 g/mol. The van der Waals surface area contributed by atoms with Gasteiger partial charge < -0.3 is 20.1 Å². The SMILES string of the molecule is CC(CC(=O)N[C@@H]1C(=O)N2[C@@H]1SC(C)(C)[C@@H]2C(=O)O)Oc1cccc(C(F)(F)F)c1. The number of alkyl halides is 3.